The third-order valence-corrected chi connectivity index (χ3v) is 3.34. The summed E-state index contributed by atoms with van der Waals surface area (Å²) in [4.78, 5) is 23.6. The van der Waals surface area contributed by atoms with Crippen LogP contribution in [0.2, 0.25) is 0 Å². The fourth-order valence-electron chi connectivity index (χ4n) is 2.26. The van der Waals surface area contributed by atoms with E-state index in [0.717, 1.165) is 11.3 Å². The Kier molecular flexibility index (Phi) is 4.38. The Morgan fingerprint density at radius 1 is 1.10 bits per heavy atom. The molecule has 4 nitrogen and oxygen atoms in total. The quantitative estimate of drug-likeness (QED) is 0.827. The lowest BCUT2D eigenvalue weighted by atomic mass is 9.97. The highest BCUT2D eigenvalue weighted by Gasteiger charge is 2.16. The van der Waals surface area contributed by atoms with E-state index in [2.05, 4.69) is 5.32 Å². The summed E-state index contributed by atoms with van der Waals surface area (Å²) < 4.78 is 0. The number of hydrogen-bond donors (Lipinski definition) is 2. The van der Waals surface area contributed by atoms with Gasteiger partial charge in [0.1, 0.15) is 0 Å². The molecule has 2 aromatic rings. The molecule has 2 aromatic carbocycles. The molecule has 0 unspecified atom stereocenters. The zero-order valence-corrected chi connectivity index (χ0v) is 12.0. The van der Waals surface area contributed by atoms with Crippen LogP contribution in [0.4, 0.5) is 5.69 Å². The van der Waals surface area contributed by atoms with Crippen molar-refractivity contribution >= 4 is 17.4 Å². The topological polar surface area (TPSA) is 66.4 Å². The van der Waals surface area contributed by atoms with E-state index in [1.54, 1.807) is 31.3 Å². The van der Waals surface area contributed by atoms with Crippen LogP contribution in [0, 0.1) is 6.92 Å². The summed E-state index contributed by atoms with van der Waals surface area (Å²) >= 11 is 0. The second kappa shape index (κ2) is 6.22. The summed E-state index contributed by atoms with van der Waals surface area (Å²) in [6.07, 6.45) is 0.0697. The SMILES string of the molecule is CNc1cc(C)ccc1C(=O)Cc1ccccc1C(=O)O. The fourth-order valence-corrected chi connectivity index (χ4v) is 2.26. The van der Waals surface area contributed by atoms with Crippen molar-refractivity contribution < 1.29 is 14.7 Å². The highest BCUT2D eigenvalue weighted by atomic mass is 16.4. The molecule has 0 bridgehead atoms. The standard InChI is InChI=1S/C17H17NO3/c1-11-7-8-14(15(9-11)18-2)16(19)10-12-5-3-4-6-13(12)17(20)21/h3-9,18H,10H2,1-2H3,(H,20,21). The van der Waals surface area contributed by atoms with Crippen LogP contribution in [0.25, 0.3) is 0 Å². The summed E-state index contributed by atoms with van der Waals surface area (Å²) in [5.74, 6) is -1.12. The maximum atomic E-state index is 12.4. The molecule has 21 heavy (non-hydrogen) atoms. The fraction of sp³-hybridized carbons (Fsp3) is 0.176. The molecule has 2 N–H and O–H groups in total. The summed E-state index contributed by atoms with van der Waals surface area (Å²) in [7, 11) is 1.76. The van der Waals surface area contributed by atoms with Gasteiger partial charge in [0.15, 0.2) is 5.78 Å². The number of carbonyl (C=O) groups is 2. The maximum Gasteiger partial charge on any atom is 0.335 e. The van der Waals surface area contributed by atoms with Gasteiger partial charge in [0, 0.05) is 24.7 Å². The molecular weight excluding hydrogens is 266 g/mol. The first-order valence-corrected chi connectivity index (χ1v) is 6.65. The van der Waals surface area contributed by atoms with Crippen molar-refractivity contribution in [2.75, 3.05) is 12.4 Å². The number of rotatable bonds is 5. The van der Waals surface area contributed by atoms with E-state index in [4.69, 9.17) is 5.11 Å². The van der Waals surface area contributed by atoms with Gasteiger partial charge in [0.2, 0.25) is 0 Å². The van der Waals surface area contributed by atoms with Crippen LogP contribution < -0.4 is 5.32 Å². The number of carboxylic acids is 1. The minimum absolute atomic E-state index is 0.0697. The molecule has 108 valence electrons. The average molecular weight is 283 g/mol. The van der Waals surface area contributed by atoms with Crippen LogP contribution in [0.3, 0.4) is 0 Å². The predicted octanol–water partition coefficient (Wildman–Crippen LogP) is 3.16. The van der Waals surface area contributed by atoms with Crippen LogP contribution in [0.15, 0.2) is 42.5 Å². The van der Waals surface area contributed by atoms with Gasteiger partial charge in [-0.25, -0.2) is 4.79 Å². The van der Waals surface area contributed by atoms with Gasteiger partial charge in [-0.1, -0.05) is 24.3 Å². The third kappa shape index (κ3) is 3.28. The number of carbonyl (C=O) groups excluding carboxylic acids is 1. The number of carboxylic acid groups (broad SMARTS) is 1. The lowest BCUT2D eigenvalue weighted by Gasteiger charge is -2.10. The predicted molar refractivity (Wildman–Crippen MR) is 82.2 cm³/mol. The molecule has 0 aromatic heterocycles. The van der Waals surface area contributed by atoms with Gasteiger partial charge >= 0.3 is 5.97 Å². The summed E-state index contributed by atoms with van der Waals surface area (Å²) in [5.41, 5.74) is 3.08. The monoisotopic (exact) mass is 283 g/mol. The minimum Gasteiger partial charge on any atom is -0.478 e. The smallest absolute Gasteiger partial charge is 0.335 e. The van der Waals surface area contributed by atoms with Crippen LogP contribution in [0.5, 0.6) is 0 Å². The molecule has 0 aliphatic rings. The zero-order chi connectivity index (χ0) is 15.4. The molecule has 0 amide bonds. The van der Waals surface area contributed by atoms with Gasteiger partial charge in [-0.2, -0.15) is 0 Å². The lowest BCUT2D eigenvalue weighted by molar-refractivity contribution is 0.0696. The maximum absolute atomic E-state index is 12.4. The number of anilines is 1. The number of hydrogen-bond acceptors (Lipinski definition) is 3. The first-order valence-electron chi connectivity index (χ1n) is 6.65. The summed E-state index contributed by atoms with van der Waals surface area (Å²) in [5, 5.41) is 12.2. The van der Waals surface area contributed by atoms with Crippen LogP contribution in [-0.2, 0) is 6.42 Å². The number of nitrogens with one attached hydrogen (secondary N) is 1. The van der Waals surface area contributed by atoms with Crippen molar-refractivity contribution in [1.29, 1.82) is 0 Å². The molecule has 0 radical (unpaired) electrons. The van der Waals surface area contributed by atoms with E-state index in [0.29, 0.717) is 11.1 Å². The molecule has 0 saturated carbocycles. The molecule has 2 rings (SSSR count). The Labute approximate surface area is 123 Å². The molecule has 0 spiro atoms. The lowest BCUT2D eigenvalue weighted by Crippen LogP contribution is -2.10. The normalized spacial score (nSPS) is 10.2. The van der Waals surface area contributed by atoms with Crippen LogP contribution in [0.1, 0.15) is 31.8 Å². The molecule has 0 aliphatic carbocycles. The van der Waals surface area contributed by atoms with Crippen LogP contribution >= 0.6 is 0 Å². The third-order valence-electron chi connectivity index (χ3n) is 3.34. The zero-order valence-electron chi connectivity index (χ0n) is 12.0. The first-order chi connectivity index (χ1) is 10.0. The number of aryl methyl sites for hydroxylation is 1. The Morgan fingerprint density at radius 2 is 1.81 bits per heavy atom. The van der Waals surface area contributed by atoms with E-state index >= 15 is 0 Å². The summed E-state index contributed by atoms with van der Waals surface area (Å²) in [6.45, 7) is 1.95. The molecule has 0 heterocycles. The largest absolute Gasteiger partial charge is 0.478 e. The van der Waals surface area contributed by atoms with Gasteiger partial charge in [-0.3, -0.25) is 4.79 Å². The van der Waals surface area contributed by atoms with Crippen molar-refractivity contribution in [1.82, 2.24) is 0 Å². The molecule has 0 atom stereocenters. The van der Waals surface area contributed by atoms with Crippen molar-refractivity contribution in [2.45, 2.75) is 13.3 Å². The van der Waals surface area contributed by atoms with Gasteiger partial charge in [-0.05, 0) is 36.2 Å². The number of aromatic carboxylic acids is 1. The van der Waals surface area contributed by atoms with Crippen molar-refractivity contribution in [2.24, 2.45) is 0 Å². The molecular formula is C17H17NO3. The molecule has 0 fully saturated rings. The van der Waals surface area contributed by atoms with Gasteiger partial charge < -0.3 is 10.4 Å². The van der Waals surface area contributed by atoms with E-state index in [1.807, 2.05) is 19.1 Å². The molecule has 0 aliphatic heterocycles. The second-order valence-corrected chi connectivity index (χ2v) is 4.86. The highest BCUT2D eigenvalue weighted by Crippen LogP contribution is 2.20. The average Bonchev–Trinajstić information content (AvgIpc) is 2.47. The first kappa shape index (κ1) is 14.8. The van der Waals surface area contributed by atoms with E-state index < -0.39 is 5.97 Å². The molecule has 0 saturated heterocycles. The van der Waals surface area contributed by atoms with Crippen molar-refractivity contribution in [3.05, 3.63) is 64.7 Å². The Bertz CT molecular complexity index is 692. The van der Waals surface area contributed by atoms with E-state index in [1.165, 1.54) is 6.07 Å². The van der Waals surface area contributed by atoms with Gasteiger partial charge in [0.05, 0.1) is 5.56 Å². The van der Waals surface area contributed by atoms with Crippen molar-refractivity contribution in [3.63, 3.8) is 0 Å². The second-order valence-electron chi connectivity index (χ2n) is 4.86. The van der Waals surface area contributed by atoms with Crippen molar-refractivity contribution in [3.8, 4) is 0 Å². The Balaban J connectivity index is 2.33. The Hall–Kier alpha value is -2.62. The number of ketones is 1. The Morgan fingerprint density at radius 3 is 2.48 bits per heavy atom. The van der Waals surface area contributed by atoms with Gasteiger partial charge in [-0.15, -0.1) is 0 Å². The van der Waals surface area contributed by atoms with E-state index in [9.17, 15) is 9.59 Å². The number of Topliss-reactive ketones (excluding diaryl/α,β-unsaturated/α-hetero) is 1. The summed E-state index contributed by atoms with van der Waals surface area (Å²) in [6, 6.07) is 12.1. The minimum atomic E-state index is -1.02. The van der Waals surface area contributed by atoms with Crippen LogP contribution in [-0.4, -0.2) is 23.9 Å². The number of benzene rings is 2. The highest BCUT2D eigenvalue weighted by molar-refractivity contribution is 6.03. The molecule has 4 heteroatoms. The van der Waals surface area contributed by atoms with E-state index in [-0.39, 0.29) is 17.8 Å². The van der Waals surface area contributed by atoms with Gasteiger partial charge in [0.25, 0.3) is 0 Å².